The summed E-state index contributed by atoms with van der Waals surface area (Å²) in [5, 5.41) is 3.03. The van der Waals surface area contributed by atoms with E-state index in [1.54, 1.807) is 12.1 Å². The largest absolute Gasteiger partial charge is 0.451 e. The fourth-order valence-corrected chi connectivity index (χ4v) is 1.99. The minimum atomic E-state index is -0.692. The third-order valence-electron chi connectivity index (χ3n) is 3.19. The maximum atomic E-state index is 14.0. The van der Waals surface area contributed by atoms with Crippen LogP contribution in [0.25, 0.3) is 0 Å². The van der Waals surface area contributed by atoms with E-state index in [-0.39, 0.29) is 5.75 Å². The van der Waals surface area contributed by atoms with E-state index in [1.165, 1.54) is 12.1 Å². The van der Waals surface area contributed by atoms with Gasteiger partial charge in [0.25, 0.3) is 0 Å². The van der Waals surface area contributed by atoms with Gasteiger partial charge in [-0.05, 0) is 48.4 Å². The summed E-state index contributed by atoms with van der Waals surface area (Å²) < 4.78 is 33.3. The zero-order chi connectivity index (χ0) is 15.2. The molecule has 0 atom stereocenters. The van der Waals surface area contributed by atoms with Crippen LogP contribution in [0.4, 0.5) is 8.78 Å². The second-order valence-electron chi connectivity index (χ2n) is 4.77. The summed E-state index contributed by atoms with van der Waals surface area (Å²) >= 11 is 0. The Labute approximate surface area is 123 Å². The second-order valence-corrected chi connectivity index (χ2v) is 4.77. The number of halogens is 2. The lowest BCUT2D eigenvalue weighted by Crippen LogP contribution is -2.12. The monoisotopic (exact) mass is 291 g/mol. The predicted molar refractivity (Wildman–Crippen MR) is 79.6 cm³/mol. The number of hydrogen-bond acceptors (Lipinski definition) is 2. The summed E-state index contributed by atoms with van der Waals surface area (Å²) in [5.41, 5.74) is 1.70. The normalized spacial score (nSPS) is 10.7. The van der Waals surface area contributed by atoms with Crippen molar-refractivity contribution in [1.82, 2.24) is 5.32 Å². The highest BCUT2D eigenvalue weighted by molar-refractivity contribution is 5.37. The van der Waals surface area contributed by atoms with Gasteiger partial charge < -0.3 is 10.1 Å². The summed E-state index contributed by atoms with van der Waals surface area (Å²) in [5.74, 6) is -1.33. The van der Waals surface area contributed by atoms with Gasteiger partial charge >= 0.3 is 0 Å². The van der Waals surface area contributed by atoms with E-state index in [9.17, 15) is 8.78 Å². The molecule has 0 amide bonds. The summed E-state index contributed by atoms with van der Waals surface area (Å²) in [4.78, 5) is 0. The molecule has 0 aliphatic carbocycles. The molecule has 21 heavy (non-hydrogen) atoms. The molecule has 0 bridgehead atoms. The van der Waals surface area contributed by atoms with E-state index in [2.05, 4.69) is 5.32 Å². The van der Waals surface area contributed by atoms with Crippen LogP contribution in [0.15, 0.2) is 36.4 Å². The van der Waals surface area contributed by atoms with Crippen molar-refractivity contribution in [3.05, 3.63) is 59.2 Å². The SMILES string of the molecule is CCNCc1cc(F)c(Oc2ccc(CC)cc2)c(F)c1. The lowest BCUT2D eigenvalue weighted by atomic mass is 10.1. The number of nitrogens with one attached hydrogen (secondary N) is 1. The van der Waals surface area contributed by atoms with Gasteiger partial charge in [-0.1, -0.05) is 26.0 Å². The molecule has 0 aliphatic rings. The molecule has 0 radical (unpaired) electrons. The fraction of sp³-hybridized carbons (Fsp3) is 0.294. The molecule has 0 spiro atoms. The minimum absolute atomic E-state index is 0.362. The van der Waals surface area contributed by atoms with Crippen molar-refractivity contribution in [2.24, 2.45) is 0 Å². The maximum Gasteiger partial charge on any atom is 0.198 e. The molecule has 2 rings (SSSR count). The Kier molecular flexibility index (Phi) is 5.28. The van der Waals surface area contributed by atoms with Crippen molar-refractivity contribution < 1.29 is 13.5 Å². The van der Waals surface area contributed by atoms with Crippen LogP contribution in [0.1, 0.15) is 25.0 Å². The van der Waals surface area contributed by atoms with Crippen LogP contribution >= 0.6 is 0 Å². The highest BCUT2D eigenvalue weighted by atomic mass is 19.1. The van der Waals surface area contributed by atoms with Gasteiger partial charge in [0.1, 0.15) is 5.75 Å². The molecule has 0 unspecified atom stereocenters. The molecule has 0 aliphatic heterocycles. The minimum Gasteiger partial charge on any atom is -0.451 e. The molecular formula is C17H19F2NO. The molecule has 0 fully saturated rings. The van der Waals surface area contributed by atoms with Crippen molar-refractivity contribution in [3.8, 4) is 11.5 Å². The van der Waals surface area contributed by atoms with Gasteiger partial charge in [-0.2, -0.15) is 0 Å². The van der Waals surface area contributed by atoms with Crippen molar-refractivity contribution >= 4 is 0 Å². The van der Waals surface area contributed by atoms with Crippen LogP contribution in [0, 0.1) is 11.6 Å². The molecular weight excluding hydrogens is 272 g/mol. The standard InChI is InChI=1S/C17H19F2NO/c1-3-12-5-7-14(8-6-12)21-17-15(18)9-13(10-16(17)19)11-20-4-2/h5-10,20H,3-4,11H2,1-2H3. The van der Waals surface area contributed by atoms with Crippen molar-refractivity contribution in [1.29, 1.82) is 0 Å². The fourth-order valence-electron chi connectivity index (χ4n) is 1.99. The van der Waals surface area contributed by atoms with E-state index in [0.29, 0.717) is 17.9 Å². The van der Waals surface area contributed by atoms with Crippen LogP contribution in [0.3, 0.4) is 0 Å². The number of benzene rings is 2. The smallest absolute Gasteiger partial charge is 0.198 e. The summed E-state index contributed by atoms with van der Waals surface area (Å²) in [6.07, 6.45) is 0.905. The Morgan fingerprint density at radius 3 is 2.10 bits per heavy atom. The number of hydrogen-bond donors (Lipinski definition) is 1. The molecule has 0 saturated carbocycles. The van der Waals surface area contributed by atoms with E-state index in [1.807, 2.05) is 26.0 Å². The lowest BCUT2D eigenvalue weighted by molar-refractivity contribution is 0.406. The first kappa shape index (κ1) is 15.4. The van der Waals surface area contributed by atoms with Gasteiger partial charge in [-0.15, -0.1) is 0 Å². The molecule has 0 saturated heterocycles. The summed E-state index contributed by atoms with van der Waals surface area (Å²) in [6, 6.07) is 9.77. The molecule has 1 N–H and O–H groups in total. The van der Waals surface area contributed by atoms with Gasteiger partial charge in [0, 0.05) is 6.54 Å². The Morgan fingerprint density at radius 2 is 1.57 bits per heavy atom. The summed E-state index contributed by atoms with van der Waals surface area (Å²) in [6.45, 7) is 5.14. The maximum absolute atomic E-state index is 14.0. The van der Waals surface area contributed by atoms with E-state index < -0.39 is 11.6 Å². The van der Waals surface area contributed by atoms with Crippen molar-refractivity contribution in [2.45, 2.75) is 26.8 Å². The molecule has 2 aromatic carbocycles. The first-order chi connectivity index (χ1) is 10.1. The first-order valence-electron chi connectivity index (χ1n) is 7.09. The Bertz CT molecular complexity index is 573. The van der Waals surface area contributed by atoms with Crippen LogP contribution in [0.2, 0.25) is 0 Å². The predicted octanol–water partition coefficient (Wildman–Crippen LogP) is 4.43. The molecule has 0 heterocycles. The van der Waals surface area contributed by atoms with Gasteiger partial charge in [0.2, 0.25) is 0 Å². The zero-order valence-corrected chi connectivity index (χ0v) is 12.2. The van der Waals surface area contributed by atoms with Gasteiger partial charge in [-0.3, -0.25) is 0 Å². The molecule has 0 aromatic heterocycles. The zero-order valence-electron chi connectivity index (χ0n) is 12.2. The van der Waals surface area contributed by atoms with Crippen molar-refractivity contribution in [2.75, 3.05) is 6.54 Å². The molecule has 4 heteroatoms. The third-order valence-corrected chi connectivity index (χ3v) is 3.19. The average Bonchev–Trinajstić information content (AvgIpc) is 2.49. The van der Waals surface area contributed by atoms with Crippen LogP contribution < -0.4 is 10.1 Å². The molecule has 112 valence electrons. The average molecular weight is 291 g/mol. The summed E-state index contributed by atoms with van der Waals surface area (Å²) in [7, 11) is 0. The highest BCUT2D eigenvalue weighted by Gasteiger charge is 2.13. The number of ether oxygens (including phenoxy) is 1. The van der Waals surface area contributed by atoms with E-state index in [0.717, 1.165) is 18.5 Å². The van der Waals surface area contributed by atoms with Gasteiger partial charge in [0.05, 0.1) is 0 Å². The van der Waals surface area contributed by atoms with Gasteiger partial charge in [0.15, 0.2) is 17.4 Å². The Balaban J connectivity index is 2.19. The first-order valence-corrected chi connectivity index (χ1v) is 7.09. The van der Waals surface area contributed by atoms with Crippen LogP contribution in [-0.4, -0.2) is 6.54 Å². The van der Waals surface area contributed by atoms with Crippen LogP contribution in [-0.2, 0) is 13.0 Å². The third kappa shape index (κ3) is 4.02. The number of aryl methyl sites for hydroxylation is 1. The molecule has 2 nitrogen and oxygen atoms in total. The van der Waals surface area contributed by atoms with Crippen molar-refractivity contribution in [3.63, 3.8) is 0 Å². The lowest BCUT2D eigenvalue weighted by Gasteiger charge is -2.10. The topological polar surface area (TPSA) is 21.3 Å². The Hall–Kier alpha value is -1.94. The highest BCUT2D eigenvalue weighted by Crippen LogP contribution is 2.28. The quantitative estimate of drug-likeness (QED) is 0.850. The van der Waals surface area contributed by atoms with E-state index >= 15 is 0 Å². The van der Waals surface area contributed by atoms with Gasteiger partial charge in [-0.25, -0.2) is 8.78 Å². The number of rotatable bonds is 6. The van der Waals surface area contributed by atoms with Crippen LogP contribution in [0.5, 0.6) is 11.5 Å². The second kappa shape index (κ2) is 7.18. The van der Waals surface area contributed by atoms with E-state index in [4.69, 9.17) is 4.74 Å². The Morgan fingerprint density at radius 1 is 0.952 bits per heavy atom. The molecule has 2 aromatic rings.